The maximum absolute atomic E-state index is 13.8. The van der Waals surface area contributed by atoms with Crippen molar-refractivity contribution in [2.24, 2.45) is 0 Å². The van der Waals surface area contributed by atoms with Crippen molar-refractivity contribution in [2.45, 2.75) is 19.5 Å². The van der Waals surface area contributed by atoms with E-state index >= 15 is 0 Å². The van der Waals surface area contributed by atoms with Crippen LogP contribution in [0, 0.1) is 5.82 Å². The van der Waals surface area contributed by atoms with Crippen molar-refractivity contribution < 1.29 is 23.9 Å². The minimum atomic E-state index is -1.04. The van der Waals surface area contributed by atoms with Gasteiger partial charge in [-0.2, -0.15) is 0 Å². The van der Waals surface area contributed by atoms with Gasteiger partial charge in [0.15, 0.2) is 0 Å². The maximum atomic E-state index is 13.8. The highest BCUT2D eigenvalue weighted by Crippen LogP contribution is 2.29. The molecule has 2 amide bonds. The fourth-order valence-electron chi connectivity index (χ4n) is 4.20. The third-order valence-electron chi connectivity index (χ3n) is 6.19. The first-order valence-corrected chi connectivity index (χ1v) is 12.7. The molecule has 0 heterocycles. The van der Waals surface area contributed by atoms with Crippen LogP contribution in [0.15, 0.2) is 97.1 Å². The van der Waals surface area contributed by atoms with Gasteiger partial charge in [0.2, 0.25) is 0 Å². The molecule has 6 nitrogen and oxygen atoms in total. The molecule has 0 spiro atoms. The summed E-state index contributed by atoms with van der Waals surface area (Å²) in [5.74, 6) is -2.18. The molecule has 0 aromatic heterocycles. The van der Waals surface area contributed by atoms with Gasteiger partial charge in [-0.3, -0.25) is 14.4 Å². The van der Waals surface area contributed by atoms with Crippen molar-refractivity contribution in [1.29, 1.82) is 0 Å². The number of halogens is 2. The van der Waals surface area contributed by atoms with Crippen molar-refractivity contribution >= 4 is 29.4 Å². The molecule has 0 aliphatic heterocycles. The molecule has 0 aliphatic rings. The molecule has 8 heteroatoms. The van der Waals surface area contributed by atoms with Gasteiger partial charge >= 0.3 is 5.97 Å². The smallest absolute Gasteiger partial charge is 0.305 e. The highest BCUT2D eigenvalue weighted by atomic mass is 35.5. The molecule has 4 rings (SSSR count). The van der Waals surface area contributed by atoms with E-state index in [1.165, 1.54) is 17.0 Å². The summed E-state index contributed by atoms with van der Waals surface area (Å²) in [4.78, 5) is 39.8. The quantitative estimate of drug-likeness (QED) is 0.249. The van der Waals surface area contributed by atoms with Gasteiger partial charge in [-0.1, -0.05) is 78.3 Å². The second kappa shape index (κ2) is 12.8. The number of carbonyl (C=O) groups excluding carboxylic acids is 2. The molecule has 2 N–H and O–H groups in total. The molecule has 0 bridgehead atoms. The Morgan fingerprint density at radius 1 is 0.795 bits per heavy atom. The summed E-state index contributed by atoms with van der Waals surface area (Å²) in [6.07, 6.45) is -0.254. The van der Waals surface area contributed by atoms with E-state index in [1.54, 1.807) is 66.7 Å². The number of hydrogen-bond acceptors (Lipinski definition) is 3. The monoisotopic (exact) mass is 544 g/mol. The zero-order chi connectivity index (χ0) is 27.8. The third kappa shape index (κ3) is 7.09. The SMILES string of the molecule is O=C(O)CCN(Cc1ccc(F)cc1)C(=O)c1ccccc1-c1ccccc1C(=O)NCc1ccccc1Cl. The van der Waals surface area contributed by atoms with Gasteiger partial charge in [0.25, 0.3) is 11.8 Å². The average Bonchev–Trinajstić information content (AvgIpc) is 2.95. The van der Waals surface area contributed by atoms with Gasteiger partial charge < -0.3 is 15.3 Å². The van der Waals surface area contributed by atoms with Gasteiger partial charge in [0, 0.05) is 35.8 Å². The van der Waals surface area contributed by atoms with E-state index in [0.717, 1.165) is 5.56 Å². The van der Waals surface area contributed by atoms with Gasteiger partial charge in [0.05, 0.1) is 6.42 Å². The second-order valence-corrected chi connectivity index (χ2v) is 9.27. The molecule has 0 saturated carbocycles. The van der Waals surface area contributed by atoms with Crippen LogP contribution >= 0.6 is 11.6 Å². The number of hydrogen-bond donors (Lipinski definition) is 2. The van der Waals surface area contributed by atoms with E-state index in [1.807, 2.05) is 18.2 Å². The molecule has 0 fully saturated rings. The molecular weight excluding hydrogens is 519 g/mol. The summed E-state index contributed by atoms with van der Waals surface area (Å²) < 4.78 is 13.4. The number of carbonyl (C=O) groups is 3. The summed E-state index contributed by atoms with van der Waals surface area (Å²) in [7, 11) is 0. The highest BCUT2D eigenvalue weighted by molar-refractivity contribution is 6.31. The predicted molar refractivity (Wildman–Crippen MR) is 148 cm³/mol. The van der Waals surface area contributed by atoms with E-state index in [2.05, 4.69) is 5.32 Å². The summed E-state index contributed by atoms with van der Waals surface area (Å²) >= 11 is 6.23. The summed E-state index contributed by atoms with van der Waals surface area (Å²) in [5, 5.41) is 12.7. The first kappa shape index (κ1) is 27.5. The Hall–Kier alpha value is -4.49. The van der Waals surface area contributed by atoms with Gasteiger partial charge in [0.1, 0.15) is 5.82 Å². The number of benzene rings is 4. The number of carboxylic acid groups (broad SMARTS) is 1. The summed E-state index contributed by atoms with van der Waals surface area (Å²) in [5.41, 5.74) is 3.21. The number of rotatable bonds is 10. The minimum Gasteiger partial charge on any atom is -0.481 e. The standard InChI is InChI=1S/C31H26ClFN2O4/c32-28-12-6-1-7-22(28)19-34-30(38)26-10-4-2-8-24(26)25-9-3-5-11-27(25)31(39)35(18-17-29(36)37)20-21-13-15-23(33)16-14-21/h1-16H,17-20H2,(H,34,38)(H,36,37). The fraction of sp³-hybridized carbons (Fsp3) is 0.129. The molecular formula is C31H26ClFN2O4. The topological polar surface area (TPSA) is 86.7 Å². The van der Waals surface area contributed by atoms with Crippen LogP contribution in [0.25, 0.3) is 11.1 Å². The lowest BCUT2D eigenvalue weighted by Gasteiger charge is -2.24. The maximum Gasteiger partial charge on any atom is 0.305 e. The van der Waals surface area contributed by atoms with E-state index in [-0.39, 0.29) is 32.0 Å². The van der Waals surface area contributed by atoms with Crippen LogP contribution in [0.2, 0.25) is 5.02 Å². The van der Waals surface area contributed by atoms with Gasteiger partial charge in [-0.05, 0) is 52.6 Å². The van der Waals surface area contributed by atoms with E-state index in [9.17, 15) is 23.9 Å². The Morgan fingerprint density at radius 2 is 1.38 bits per heavy atom. The second-order valence-electron chi connectivity index (χ2n) is 8.86. The Bertz CT molecular complexity index is 1490. The highest BCUT2D eigenvalue weighted by Gasteiger charge is 2.23. The lowest BCUT2D eigenvalue weighted by Crippen LogP contribution is -2.33. The molecule has 0 saturated heterocycles. The van der Waals surface area contributed by atoms with Crippen LogP contribution in [-0.2, 0) is 17.9 Å². The van der Waals surface area contributed by atoms with E-state index < -0.39 is 17.7 Å². The third-order valence-corrected chi connectivity index (χ3v) is 6.55. The van der Waals surface area contributed by atoms with Crippen molar-refractivity contribution in [2.75, 3.05) is 6.54 Å². The lowest BCUT2D eigenvalue weighted by molar-refractivity contribution is -0.137. The average molecular weight is 545 g/mol. The normalized spacial score (nSPS) is 10.6. The summed E-state index contributed by atoms with van der Waals surface area (Å²) in [6, 6.07) is 26.8. The molecule has 4 aromatic rings. The van der Waals surface area contributed by atoms with Crippen molar-refractivity contribution in [3.63, 3.8) is 0 Å². The van der Waals surface area contributed by atoms with Gasteiger partial charge in [-0.25, -0.2) is 4.39 Å². The molecule has 0 radical (unpaired) electrons. The molecule has 0 atom stereocenters. The molecule has 198 valence electrons. The fourth-order valence-corrected chi connectivity index (χ4v) is 4.40. The minimum absolute atomic E-state index is 0.0418. The number of nitrogens with one attached hydrogen (secondary N) is 1. The van der Waals surface area contributed by atoms with Crippen LogP contribution in [0.3, 0.4) is 0 Å². The van der Waals surface area contributed by atoms with Crippen molar-refractivity contribution in [3.05, 3.63) is 130 Å². The van der Waals surface area contributed by atoms with Crippen LogP contribution in [-0.4, -0.2) is 34.3 Å². The molecule has 4 aromatic carbocycles. The lowest BCUT2D eigenvalue weighted by atomic mass is 9.94. The number of aliphatic carboxylic acids is 1. The number of amides is 2. The van der Waals surface area contributed by atoms with Crippen LogP contribution in [0.5, 0.6) is 0 Å². The van der Waals surface area contributed by atoms with Crippen molar-refractivity contribution in [3.8, 4) is 11.1 Å². The number of carboxylic acids is 1. The van der Waals surface area contributed by atoms with Crippen LogP contribution in [0.1, 0.15) is 38.3 Å². The Balaban J connectivity index is 1.65. The summed E-state index contributed by atoms with van der Waals surface area (Å²) in [6.45, 7) is 0.286. The first-order chi connectivity index (χ1) is 18.8. The Labute approximate surface area is 230 Å². The molecule has 0 unspecified atom stereocenters. The van der Waals surface area contributed by atoms with Crippen LogP contribution < -0.4 is 5.32 Å². The largest absolute Gasteiger partial charge is 0.481 e. The number of nitrogens with zero attached hydrogens (tertiary/aromatic N) is 1. The van der Waals surface area contributed by atoms with Gasteiger partial charge in [-0.15, -0.1) is 0 Å². The predicted octanol–water partition coefficient (Wildman–Crippen LogP) is 6.19. The van der Waals surface area contributed by atoms with Crippen molar-refractivity contribution in [1.82, 2.24) is 10.2 Å². The van der Waals surface area contributed by atoms with Crippen LogP contribution in [0.4, 0.5) is 4.39 Å². The zero-order valence-corrected chi connectivity index (χ0v) is 21.7. The Kier molecular flexibility index (Phi) is 9.07. The first-order valence-electron chi connectivity index (χ1n) is 12.3. The molecule has 39 heavy (non-hydrogen) atoms. The zero-order valence-electron chi connectivity index (χ0n) is 20.9. The van der Waals surface area contributed by atoms with E-state index in [4.69, 9.17) is 11.6 Å². The van der Waals surface area contributed by atoms with E-state index in [0.29, 0.717) is 32.8 Å². The molecule has 0 aliphatic carbocycles. The Morgan fingerprint density at radius 3 is 2.05 bits per heavy atom.